The summed E-state index contributed by atoms with van der Waals surface area (Å²) in [5, 5.41) is 8.93. The van der Waals surface area contributed by atoms with E-state index in [1.165, 1.54) is 13.8 Å². The fourth-order valence-electron chi connectivity index (χ4n) is 0.144. The molecule has 3 N–H and O–H groups in total. The predicted octanol–water partition coefficient (Wildman–Crippen LogP) is -0.715. The Kier molecular flexibility index (Phi) is 2.12. The maximum absolute atomic E-state index is 10.4. The quantitative estimate of drug-likeness (QED) is 0.502. The molecule has 48 valence electrons. The van der Waals surface area contributed by atoms with E-state index in [0.29, 0.717) is 0 Å². The number of ketones is 1. The Morgan fingerprint density at radius 3 is 2.25 bits per heavy atom. The van der Waals surface area contributed by atoms with Gasteiger partial charge in [0.05, 0.1) is 0 Å². The molecule has 0 spiro atoms. The predicted molar refractivity (Wildman–Crippen MR) is 30.4 cm³/mol. The molecule has 0 fully saturated rings. The second-order valence-corrected chi connectivity index (χ2v) is 2.03. The first-order valence-corrected chi connectivity index (χ1v) is 2.44. The van der Waals surface area contributed by atoms with E-state index in [4.69, 9.17) is 10.8 Å². The van der Waals surface area contributed by atoms with E-state index in [1.54, 1.807) is 0 Å². The zero-order chi connectivity index (χ0) is 6.78. The van der Waals surface area contributed by atoms with Crippen molar-refractivity contribution in [3.8, 4) is 0 Å². The summed E-state index contributed by atoms with van der Waals surface area (Å²) in [5.41, 5.74) is 3.72. The second-order valence-electron chi connectivity index (χ2n) is 2.03. The van der Waals surface area contributed by atoms with E-state index in [1.807, 2.05) is 0 Å². The Morgan fingerprint density at radius 1 is 1.88 bits per heavy atom. The Morgan fingerprint density at radius 2 is 2.25 bits per heavy atom. The van der Waals surface area contributed by atoms with Gasteiger partial charge in [0, 0.05) is 6.54 Å². The van der Waals surface area contributed by atoms with E-state index in [2.05, 4.69) is 0 Å². The van der Waals surface area contributed by atoms with Crippen molar-refractivity contribution in [3.63, 3.8) is 0 Å². The smallest absolute Gasteiger partial charge is 0.162 e. The Labute approximate surface area is 48.5 Å². The molecule has 0 aromatic rings. The number of carbonyl (C=O) groups excluding carboxylic acids is 1. The molecular formula is C5H11NO2. The topological polar surface area (TPSA) is 63.3 Å². The van der Waals surface area contributed by atoms with E-state index in [9.17, 15) is 4.79 Å². The van der Waals surface area contributed by atoms with Crippen LogP contribution in [-0.4, -0.2) is 23.0 Å². The first-order valence-electron chi connectivity index (χ1n) is 2.44. The van der Waals surface area contributed by atoms with Crippen molar-refractivity contribution in [2.75, 3.05) is 6.54 Å². The second kappa shape index (κ2) is 2.24. The zero-order valence-electron chi connectivity index (χ0n) is 5.14. The number of nitrogens with two attached hydrogens (primary N) is 1. The number of hydrogen-bond donors (Lipinski definition) is 2. The normalized spacial score (nSPS) is 17.5. The number of hydrogen-bond acceptors (Lipinski definition) is 3. The van der Waals surface area contributed by atoms with E-state index >= 15 is 0 Å². The fourth-order valence-corrected chi connectivity index (χ4v) is 0.144. The molecule has 3 heteroatoms. The lowest BCUT2D eigenvalue weighted by atomic mass is 10.0. The van der Waals surface area contributed by atoms with Crippen LogP contribution in [0.2, 0.25) is 0 Å². The number of carbonyl (C=O) groups is 1. The monoisotopic (exact) mass is 117 g/mol. The summed E-state index contributed by atoms with van der Waals surface area (Å²) in [5.74, 6) is -0.292. The molecule has 0 bridgehead atoms. The third kappa shape index (κ3) is 1.60. The van der Waals surface area contributed by atoms with Crippen LogP contribution in [0.15, 0.2) is 0 Å². The Balaban J connectivity index is 3.91. The van der Waals surface area contributed by atoms with Gasteiger partial charge < -0.3 is 10.8 Å². The largest absolute Gasteiger partial charge is 0.381 e. The molecule has 3 nitrogen and oxygen atoms in total. The lowest BCUT2D eigenvalue weighted by Gasteiger charge is -2.15. The summed E-state index contributed by atoms with van der Waals surface area (Å²) in [7, 11) is 0. The zero-order valence-corrected chi connectivity index (χ0v) is 5.14. The van der Waals surface area contributed by atoms with Crippen molar-refractivity contribution in [1.29, 1.82) is 0 Å². The van der Waals surface area contributed by atoms with Gasteiger partial charge >= 0.3 is 0 Å². The SMILES string of the molecule is CC(=O)[C@](C)(O)CN. The summed E-state index contributed by atoms with van der Waals surface area (Å²) in [6.07, 6.45) is 0. The van der Waals surface area contributed by atoms with Crippen LogP contribution >= 0.6 is 0 Å². The molecule has 0 rings (SSSR count). The summed E-state index contributed by atoms with van der Waals surface area (Å²) >= 11 is 0. The van der Waals surface area contributed by atoms with Crippen LogP contribution in [0.3, 0.4) is 0 Å². The minimum Gasteiger partial charge on any atom is -0.381 e. The fraction of sp³-hybridized carbons (Fsp3) is 0.800. The molecule has 0 aliphatic heterocycles. The Hall–Kier alpha value is -0.410. The molecule has 0 saturated carbocycles. The molecule has 0 aromatic carbocycles. The molecule has 8 heavy (non-hydrogen) atoms. The van der Waals surface area contributed by atoms with Crippen LogP contribution in [-0.2, 0) is 4.79 Å². The lowest BCUT2D eigenvalue weighted by Crippen LogP contribution is -2.40. The van der Waals surface area contributed by atoms with Crippen LogP contribution < -0.4 is 5.73 Å². The highest BCUT2D eigenvalue weighted by Gasteiger charge is 2.23. The minimum atomic E-state index is -1.32. The first-order chi connectivity index (χ1) is 3.50. The first kappa shape index (κ1) is 7.59. The van der Waals surface area contributed by atoms with Crippen molar-refractivity contribution >= 4 is 5.78 Å². The third-order valence-electron chi connectivity index (χ3n) is 1.16. The summed E-state index contributed by atoms with van der Waals surface area (Å²) in [4.78, 5) is 10.4. The summed E-state index contributed by atoms with van der Waals surface area (Å²) in [6, 6.07) is 0. The molecule has 0 aromatic heterocycles. The van der Waals surface area contributed by atoms with Crippen LogP contribution in [0, 0.1) is 0 Å². The van der Waals surface area contributed by atoms with E-state index in [-0.39, 0.29) is 12.3 Å². The highest BCUT2D eigenvalue weighted by molar-refractivity contribution is 5.84. The van der Waals surface area contributed by atoms with Crippen LogP contribution in [0.1, 0.15) is 13.8 Å². The van der Waals surface area contributed by atoms with Crippen molar-refractivity contribution in [3.05, 3.63) is 0 Å². The van der Waals surface area contributed by atoms with Gasteiger partial charge in [-0.2, -0.15) is 0 Å². The van der Waals surface area contributed by atoms with Crippen LogP contribution in [0.25, 0.3) is 0 Å². The number of rotatable bonds is 2. The van der Waals surface area contributed by atoms with Crippen molar-refractivity contribution in [1.82, 2.24) is 0 Å². The molecule has 0 saturated heterocycles. The molecule has 0 aliphatic carbocycles. The summed E-state index contributed by atoms with van der Waals surface area (Å²) in [6.45, 7) is 2.70. The van der Waals surface area contributed by atoms with Crippen molar-refractivity contribution < 1.29 is 9.90 Å². The van der Waals surface area contributed by atoms with Gasteiger partial charge in [0.2, 0.25) is 0 Å². The van der Waals surface area contributed by atoms with Crippen molar-refractivity contribution in [2.24, 2.45) is 5.73 Å². The van der Waals surface area contributed by atoms with E-state index in [0.717, 1.165) is 0 Å². The highest BCUT2D eigenvalue weighted by Crippen LogP contribution is 1.99. The van der Waals surface area contributed by atoms with Crippen LogP contribution in [0.4, 0.5) is 0 Å². The van der Waals surface area contributed by atoms with Crippen LogP contribution in [0.5, 0.6) is 0 Å². The number of Topliss-reactive ketones (excluding diaryl/α,β-unsaturated/α-hetero) is 1. The van der Waals surface area contributed by atoms with Gasteiger partial charge in [0.1, 0.15) is 5.60 Å². The molecule has 0 aliphatic rings. The summed E-state index contributed by atoms with van der Waals surface area (Å²) < 4.78 is 0. The van der Waals surface area contributed by atoms with Gasteiger partial charge in [-0.3, -0.25) is 4.79 Å². The standard InChI is InChI=1S/C5H11NO2/c1-4(7)5(2,8)3-6/h8H,3,6H2,1-2H3/t5-/m1/s1. The van der Waals surface area contributed by atoms with E-state index < -0.39 is 5.60 Å². The van der Waals surface area contributed by atoms with Gasteiger partial charge in [0.15, 0.2) is 5.78 Å². The average molecular weight is 117 g/mol. The van der Waals surface area contributed by atoms with Gasteiger partial charge in [-0.05, 0) is 13.8 Å². The molecule has 1 atom stereocenters. The van der Waals surface area contributed by atoms with Crippen molar-refractivity contribution in [2.45, 2.75) is 19.4 Å². The maximum atomic E-state index is 10.4. The number of aliphatic hydroxyl groups is 1. The van der Waals surface area contributed by atoms with Gasteiger partial charge in [-0.15, -0.1) is 0 Å². The van der Waals surface area contributed by atoms with Gasteiger partial charge in [-0.25, -0.2) is 0 Å². The minimum absolute atomic E-state index is 0.0116. The average Bonchev–Trinajstić information content (AvgIpc) is 1.67. The third-order valence-corrected chi connectivity index (χ3v) is 1.16. The molecule has 0 heterocycles. The van der Waals surface area contributed by atoms with Gasteiger partial charge in [-0.1, -0.05) is 0 Å². The highest BCUT2D eigenvalue weighted by atomic mass is 16.3. The van der Waals surface area contributed by atoms with Gasteiger partial charge in [0.25, 0.3) is 0 Å². The lowest BCUT2D eigenvalue weighted by molar-refractivity contribution is -0.132. The molecule has 0 radical (unpaired) electrons. The molecule has 0 amide bonds. The molecule has 0 unspecified atom stereocenters. The molecular weight excluding hydrogens is 106 g/mol. The Bertz CT molecular complexity index is 98.6. The maximum Gasteiger partial charge on any atom is 0.162 e.